The van der Waals surface area contributed by atoms with Gasteiger partial charge in [0, 0.05) is 51.7 Å². The van der Waals surface area contributed by atoms with Crippen molar-refractivity contribution >= 4 is 28.1 Å². The predicted molar refractivity (Wildman–Crippen MR) is 134 cm³/mol. The second kappa shape index (κ2) is 8.47. The number of ether oxygens (including phenoxy) is 1. The van der Waals surface area contributed by atoms with Crippen LogP contribution in [0.5, 0.6) is 5.75 Å². The summed E-state index contributed by atoms with van der Waals surface area (Å²) in [7, 11) is 0. The molecule has 1 aliphatic heterocycles. The van der Waals surface area contributed by atoms with Crippen LogP contribution in [0.25, 0.3) is 27.6 Å². The quantitative estimate of drug-likeness (QED) is 0.348. The molecule has 6 heteroatoms. The summed E-state index contributed by atoms with van der Waals surface area (Å²) < 4.78 is 6.01. The number of hydrogen-bond acceptors (Lipinski definition) is 4. The summed E-state index contributed by atoms with van der Waals surface area (Å²) in [6, 6.07) is 16.1. The summed E-state index contributed by atoms with van der Waals surface area (Å²) in [4.78, 5) is 20.1. The van der Waals surface area contributed by atoms with Gasteiger partial charge in [-0.1, -0.05) is 30.3 Å². The fourth-order valence-corrected chi connectivity index (χ4v) is 4.53. The Morgan fingerprint density at radius 3 is 2.88 bits per heavy atom. The van der Waals surface area contributed by atoms with Crippen molar-refractivity contribution in [1.29, 1.82) is 0 Å². The molecule has 0 spiro atoms. The summed E-state index contributed by atoms with van der Waals surface area (Å²) in [5.41, 5.74) is 13.2. The highest BCUT2D eigenvalue weighted by molar-refractivity contribution is 6.31. The molecule has 34 heavy (non-hydrogen) atoms. The van der Waals surface area contributed by atoms with E-state index < -0.39 is 0 Å². The smallest absolute Gasteiger partial charge is 0.256 e. The molecule has 0 bridgehead atoms. The SMILES string of the molecule is N[C@H](COc1cncc(-c2ccc3c(c2)/C(=C/C2CC2)C(=O)N3)c1)Cc1c[nH]c2ccccc12. The fourth-order valence-electron chi connectivity index (χ4n) is 4.53. The largest absolute Gasteiger partial charge is 0.490 e. The maximum atomic E-state index is 12.4. The molecule has 0 saturated heterocycles. The Bertz CT molecular complexity index is 1420. The number of para-hydroxylation sites is 1. The van der Waals surface area contributed by atoms with Crippen LogP contribution >= 0.6 is 0 Å². The Kier molecular flexibility index (Phi) is 5.15. The van der Waals surface area contributed by atoms with Gasteiger partial charge >= 0.3 is 0 Å². The zero-order chi connectivity index (χ0) is 23.1. The summed E-state index contributed by atoms with van der Waals surface area (Å²) in [6.45, 7) is 0.390. The van der Waals surface area contributed by atoms with Crippen molar-refractivity contribution < 1.29 is 9.53 Å². The summed E-state index contributed by atoms with van der Waals surface area (Å²) in [5.74, 6) is 1.19. The van der Waals surface area contributed by atoms with Crippen molar-refractivity contribution in [2.45, 2.75) is 25.3 Å². The third kappa shape index (κ3) is 4.08. The van der Waals surface area contributed by atoms with Crippen molar-refractivity contribution in [3.8, 4) is 16.9 Å². The number of nitrogens with two attached hydrogens (primary N) is 1. The van der Waals surface area contributed by atoms with Crippen molar-refractivity contribution in [3.63, 3.8) is 0 Å². The molecule has 1 fully saturated rings. The van der Waals surface area contributed by atoms with Crippen molar-refractivity contribution in [1.82, 2.24) is 9.97 Å². The van der Waals surface area contributed by atoms with Crippen LogP contribution in [0.4, 0.5) is 5.69 Å². The van der Waals surface area contributed by atoms with E-state index in [2.05, 4.69) is 39.6 Å². The monoisotopic (exact) mass is 450 g/mol. The molecule has 4 aromatic rings. The van der Waals surface area contributed by atoms with Crippen LogP contribution < -0.4 is 15.8 Å². The van der Waals surface area contributed by atoms with E-state index in [1.807, 2.05) is 42.7 Å². The van der Waals surface area contributed by atoms with Crippen molar-refractivity contribution in [2.24, 2.45) is 11.7 Å². The Morgan fingerprint density at radius 2 is 2.00 bits per heavy atom. The number of anilines is 1. The molecule has 1 saturated carbocycles. The van der Waals surface area contributed by atoms with Crippen LogP contribution in [0, 0.1) is 5.92 Å². The van der Waals surface area contributed by atoms with Gasteiger partial charge < -0.3 is 20.8 Å². The van der Waals surface area contributed by atoms with E-state index in [1.54, 1.807) is 6.20 Å². The molecule has 1 amide bonds. The number of carbonyl (C=O) groups is 1. The molecule has 3 heterocycles. The van der Waals surface area contributed by atoms with Gasteiger partial charge in [-0.25, -0.2) is 0 Å². The second-order valence-corrected chi connectivity index (χ2v) is 9.18. The first kappa shape index (κ1) is 20.7. The average molecular weight is 451 g/mol. The maximum absolute atomic E-state index is 12.4. The number of pyridine rings is 1. The van der Waals surface area contributed by atoms with Gasteiger partial charge in [0.15, 0.2) is 0 Å². The van der Waals surface area contributed by atoms with E-state index in [1.165, 1.54) is 10.9 Å². The van der Waals surface area contributed by atoms with Crippen molar-refractivity contribution in [3.05, 3.63) is 84.3 Å². The molecule has 2 aromatic carbocycles. The number of nitrogens with one attached hydrogen (secondary N) is 2. The first-order valence-electron chi connectivity index (χ1n) is 11.7. The minimum atomic E-state index is -0.143. The number of aromatic amines is 1. The summed E-state index contributed by atoms with van der Waals surface area (Å²) >= 11 is 0. The lowest BCUT2D eigenvalue weighted by Crippen LogP contribution is -2.30. The molecule has 1 aliphatic carbocycles. The van der Waals surface area contributed by atoms with E-state index in [0.29, 0.717) is 18.3 Å². The standard InChI is InChI=1S/C28H26N4O2/c29-21(10-20-14-31-26-4-2-1-3-23(20)26)16-34-22-11-19(13-30-15-22)18-7-8-27-24(12-18)25(28(33)32-27)9-17-5-6-17/h1-4,7-9,11-15,17,21,31H,5-6,10,16,29H2,(H,32,33)/b25-9-/t21-/m0/s1. The molecule has 4 N–H and O–H groups in total. The van der Waals surface area contributed by atoms with Gasteiger partial charge in [-0.3, -0.25) is 9.78 Å². The molecule has 0 unspecified atom stereocenters. The number of aromatic nitrogens is 2. The molecule has 2 aromatic heterocycles. The van der Waals surface area contributed by atoms with E-state index in [0.717, 1.165) is 52.7 Å². The topological polar surface area (TPSA) is 93.0 Å². The first-order chi connectivity index (χ1) is 16.6. The van der Waals surface area contributed by atoms with Crippen LogP contribution in [0.1, 0.15) is 24.0 Å². The highest BCUT2D eigenvalue weighted by Gasteiger charge is 2.28. The number of allylic oxidation sites excluding steroid dienone is 1. The lowest BCUT2D eigenvalue weighted by molar-refractivity contribution is -0.110. The molecule has 6 nitrogen and oxygen atoms in total. The molecule has 170 valence electrons. The Hall–Kier alpha value is -3.90. The van der Waals surface area contributed by atoms with Gasteiger partial charge in [0.25, 0.3) is 5.91 Å². The Labute approximate surface area is 197 Å². The van der Waals surface area contributed by atoms with Gasteiger partial charge in [0.1, 0.15) is 12.4 Å². The maximum Gasteiger partial charge on any atom is 0.256 e. The van der Waals surface area contributed by atoms with Crippen LogP contribution in [0.3, 0.4) is 0 Å². The lowest BCUT2D eigenvalue weighted by atomic mass is 9.99. The highest BCUT2D eigenvalue weighted by Crippen LogP contribution is 2.40. The van der Waals surface area contributed by atoms with Crippen LogP contribution in [0.2, 0.25) is 0 Å². The van der Waals surface area contributed by atoms with Gasteiger partial charge in [-0.05, 0) is 60.6 Å². The van der Waals surface area contributed by atoms with E-state index in [4.69, 9.17) is 10.5 Å². The van der Waals surface area contributed by atoms with Crippen LogP contribution in [0.15, 0.2) is 73.2 Å². The summed E-state index contributed by atoms with van der Waals surface area (Å²) in [5, 5.41) is 4.16. The number of H-pyrrole nitrogens is 1. The zero-order valence-corrected chi connectivity index (χ0v) is 18.8. The van der Waals surface area contributed by atoms with Gasteiger partial charge in [0.2, 0.25) is 0 Å². The number of fused-ring (bicyclic) bond motifs is 2. The number of hydrogen-bond donors (Lipinski definition) is 3. The zero-order valence-electron chi connectivity index (χ0n) is 18.8. The summed E-state index contributed by atoms with van der Waals surface area (Å²) in [6.07, 6.45) is 10.7. The number of carbonyl (C=O) groups excluding carboxylic acids is 1. The van der Waals surface area contributed by atoms with Crippen LogP contribution in [-0.2, 0) is 11.2 Å². The molecular weight excluding hydrogens is 424 g/mol. The first-order valence-corrected chi connectivity index (χ1v) is 11.7. The average Bonchev–Trinajstić information content (AvgIpc) is 3.52. The number of amides is 1. The lowest BCUT2D eigenvalue weighted by Gasteiger charge is -2.13. The number of nitrogens with zero attached hydrogens (tertiary/aromatic N) is 1. The third-order valence-electron chi connectivity index (χ3n) is 6.49. The van der Waals surface area contributed by atoms with Gasteiger partial charge in [0.05, 0.1) is 6.20 Å². The Morgan fingerprint density at radius 1 is 1.12 bits per heavy atom. The van der Waals surface area contributed by atoms with Crippen molar-refractivity contribution in [2.75, 3.05) is 11.9 Å². The highest BCUT2D eigenvalue weighted by atomic mass is 16.5. The minimum Gasteiger partial charge on any atom is -0.490 e. The van der Waals surface area contributed by atoms with Crippen LogP contribution in [-0.4, -0.2) is 28.5 Å². The van der Waals surface area contributed by atoms with E-state index in [-0.39, 0.29) is 11.9 Å². The second-order valence-electron chi connectivity index (χ2n) is 9.18. The normalized spacial score (nSPS) is 17.1. The van der Waals surface area contributed by atoms with E-state index in [9.17, 15) is 4.79 Å². The third-order valence-corrected chi connectivity index (χ3v) is 6.49. The van der Waals surface area contributed by atoms with E-state index >= 15 is 0 Å². The van der Waals surface area contributed by atoms with Gasteiger partial charge in [-0.2, -0.15) is 0 Å². The fraction of sp³-hybridized carbons (Fsp3) is 0.214. The molecule has 2 aliphatic rings. The molecule has 6 rings (SSSR count). The molecule has 1 atom stereocenters. The molecular formula is C28H26N4O2. The predicted octanol–water partition coefficient (Wildman–Crippen LogP) is 4.92. The Balaban J connectivity index is 1.16. The minimum absolute atomic E-state index is 0.0153. The van der Waals surface area contributed by atoms with Gasteiger partial charge in [-0.15, -0.1) is 0 Å². The number of benzene rings is 2. The molecule has 0 radical (unpaired) electrons. The number of rotatable bonds is 7.